The summed E-state index contributed by atoms with van der Waals surface area (Å²) in [5, 5.41) is 0. The van der Waals surface area contributed by atoms with E-state index in [0.29, 0.717) is 41.2 Å². The van der Waals surface area contributed by atoms with Crippen LogP contribution in [0.3, 0.4) is 0 Å². The molecule has 28 heavy (non-hydrogen) atoms. The monoisotopic (exact) mass is 385 g/mol. The van der Waals surface area contributed by atoms with E-state index < -0.39 is 5.97 Å². The average molecular weight is 385 g/mol. The van der Waals surface area contributed by atoms with E-state index in [1.165, 1.54) is 27.4 Å². The molecule has 0 spiro atoms. The topological polar surface area (TPSA) is 66.3 Å². The lowest BCUT2D eigenvalue weighted by Crippen LogP contribution is -2.05. The zero-order chi connectivity index (χ0) is 20.1. The van der Waals surface area contributed by atoms with Gasteiger partial charge in [0, 0.05) is 18.1 Å². The van der Waals surface area contributed by atoms with Crippen LogP contribution in [0, 0.1) is 5.82 Å². The molecule has 0 bridgehead atoms. The lowest BCUT2D eigenvalue weighted by atomic mass is 10.1. The highest BCUT2D eigenvalue weighted by Crippen LogP contribution is 2.36. The van der Waals surface area contributed by atoms with E-state index in [2.05, 4.69) is 4.99 Å². The van der Waals surface area contributed by atoms with Gasteiger partial charge in [0.2, 0.25) is 0 Å². The molecule has 6 nitrogen and oxygen atoms in total. The predicted octanol–water partition coefficient (Wildman–Crippen LogP) is 3.78. The summed E-state index contributed by atoms with van der Waals surface area (Å²) >= 11 is 0. The minimum atomic E-state index is -0.569. The lowest BCUT2D eigenvalue weighted by Gasteiger charge is -2.12. The highest BCUT2D eigenvalue weighted by molar-refractivity contribution is 6.07. The number of carbonyl (C=O) groups is 1. The smallest absolute Gasteiger partial charge is 0.363 e. The molecule has 0 N–H and O–H groups in total. The number of hydrogen-bond donors (Lipinski definition) is 0. The van der Waals surface area contributed by atoms with Crippen molar-refractivity contribution in [2.75, 3.05) is 21.3 Å². The van der Waals surface area contributed by atoms with Crippen LogP contribution in [0.2, 0.25) is 0 Å². The van der Waals surface area contributed by atoms with Gasteiger partial charge in [-0.2, -0.15) is 0 Å². The van der Waals surface area contributed by atoms with E-state index in [1.54, 1.807) is 36.4 Å². The molecule has 0 fully saturated rings. The van der Waals surface area contributed by atoms with Gasteiger partial charge in [0.25, 0.3) is 0 Å². The second-order valence-electron chi connectivity index (χ2n) is 5.97. The summed E-state index contributed by atoms with van der Waals surface area (Å²) in [6, 6.07) is 9.82. The number of halogens is 1. The molecular weight excluding hydrogens is 365 g/mol. The Hall–Kier alpha value is -3.35. The quantitative estimate of drug-likeness (QED) is 0.536. The first-order valence-electron chi connectivity index (χ1n) is 8.60. The maximum atomic E-state index is 13.7. The highest BCUT2D eigenvalue weighted by Gasteiger charge is 2.24. The predicted molar refractivity (Wildman–Crippen MR) is 102 cm³/mol. The zero-order valence-electron chi connectivity index (χ0n) is 15.8. The Labute approximate surface area is 162 Å². The fraction of sp³-hybridized carbons (Fsp3) is 0.238. The minimum Gasteiger partial charge on any atom is -0.496 e. The molecule has 3 rings (SSSR count). The van der Waals surface area contributed by atoms with Crippen molar-refractivity contribution in [3.63, 3.8) is 0 Å². The highest BCUT2D eigenvalue weighted by atomic mass is 19.1. The first kappa shape index (κ1) is 19.4. The van der Waals surface area contributed by atoms with Gasteiger partial charge in [-0.3, -0.25) is 0 Å². The van der Waals surface area contributed by atoms with Gasteiger partial charge in [0.05, 0.1) is 21.3 Å². The Kier molecular flexibility index (Phi) is 5.93. The minimum absolute atomic E-state index is 0.133. The van der Waals surface area contributed by atoms with Crippen LogP contribution in [0.4, 0.5) is 4.39 Å². The molecule has 0 unspecified atom stereocenters. The van der Waals surface area contributed by atoms with E-state index in [-0.39, 0.29) is 17.4 Å². The van der Waals surface area contributed by atoms with Crippen molar-refractivity contribution >= 4 is 17.9 Å². The number of ether oxygens (including phenoxy) is 4. The summed E-state index contributed by atoms with van der Waals surface area (Å²) in [6.45, 7) is 0. The van der Waals surface area contributed by atoms with Crippen molar-refractivity contribution in [3.05, 3.63) is 59.0 Å². The van der Waals surface area contributed by atoms with Crippen molar-refractivity contribution in [2.24, 2.45) is 4.99 Å². The maximum Gasteiger partial charge on any atom is 0.363 e. The molecule has 2 aromatic carbocycles. The van der Waals surface area contributed by atoms with Crippen LogP contribution in [0.5, 0.6) is 17.2 Å². The van der Waals surface area contributed by atoms with Crippen LogP contribution in [-0.4, -0.2) is 33.2 Å². The van der Waals surface area contributed by atoms with Gasteiger partial charge in [-0.25, -0.2) is 14.2 Å². The van der Waals surface area contributed by atoms with E-state index >= 15 is 0 Å². The second-order valence-corrected chi connectivity index (χ2v) is 5.97. The fourth-order valence-electron chi connectivity index (χ4n) is 2.82. The van der Waals surface area contributed by atoms with Crippen LogP contribution >= 0.6 is 0 Å². The van der Waals surface area contributed by atoms with Crippen LogP contribution in [0.1, 0.15) is 17.5 Å². The van der Waals surface area contributed by atoms with Crippen molar-refractivity contribution in [1.29, 1.82) is 0 Å². The molecule has 0 aliphatic carbocycles. The van der Waals surface area contributed by atoms with Gasteiger partial charge in [-0.1, -0.05) is 18.2 Å². The zero-order valence-corrected chi connectivity index (χ0v) is 15.8. The number of esters is 1. The van der Waals surface area contributed by atoms with E-state index in [9.17, 15) is 9.18 Å². The van der Waals surface area contributed by atoms with E-state index in [4.69, 9.17) is 18.9 Å². The van der Waals surface area contributed by atoms with Crippen molar-refractivity contribution < 1.29 is 28.1 Å². The Morgan fingerprint density at radius 3 is 2.36 bits per heavy atom. The Bertz CT molecular complexity index is 952. The lowest BCUT2D eigenvalue weighted by molar-refractivity contribution is -0.130. The van der Waals surface area contributed by atoms with Crippen molar-refractivity contribution in [1.82, 2.24) is 0 Å². The molecule has 1 aliphatic rings. The number of carbonyl (C=O) groups excluding carboxylic acids is 1. The number of cyclic esters (lactones) is 1. The van der Waals surface area contributed by atoms with Gasteiger partial charge >= 0.3 is 5.97 Å². The summed E-state index contributed by atoms with van der Waals surface area (Å²) < 4.78 is 34.8. The largest absolute Gasteiger partial charge is 0.496 e. The summed E-state index contributed by atoms with van der Waals surface area (Å²) in [4.78, 5) is 16.4. The van der Waals surface area contributed by atoms with E-state index in [1.807, 2.05) is 0 Å². The van der Waals surface area contributed by atoms with Gasteiger partial charge in [-0.15, -0.1) is 0 Å². The van der Waals surface area contributed by atoms with Crippen LogP contribution in [0.25, 0.3) is 6.08 Å². The molecule has 0 atom stereocenters. The molecule has 1 aliphatic heterocycles. The first-order valence-corrected chi connectivity index (χ1v) is 8.60. The van der Waals surface area contributed by atoms with Gasteiger partial charge in [0.1, 0.15) is 11.6 Å². The third kappa shape index (κ3) is 4.14. The molecule has 0 aromatic heterocycles. The Balaban J connectivity index is 1.84. The number of benzene rings is 2. The molecule has 1 heterocycles. The molecular formula is C21H20FNO5. The number of rotatable bonds is 7. The molecule has 0 saturated heterocycles. The third-order valence-corrected chi connectivity index (χ3v) is 4.26. The number of aryl methyl sites for hydroxylation is 1. The van der Waals surface area contributed by atoms with Crippen molar-refractivity contribution in [3.8, 4) is 17.2 Å². The first-order chi connectivity index (χ1) is 13.5. The van der Waals surface area contributed by atoms with Crippen molar-refractivity contribution in [2.45, 2.75) is 12.8 Å². The maximum absolute atomic E-state index is 13.7. The molecule has 2 aromatic rings. The van der Waals surface area contributed by atoms with Crippen LogP contribution in [0.15, 0.2) is 47.1 Å². The Morgan fingerprint density at radius 2 is 1.68 bits per heavy atom. The number of nitrogens with zero attached hydrogens (tertiary/aromatic N) is 1. The SMILES string of the molecule is COc1cc(OC)c(OC)cc1/C=C1\N=C(CCc2ccccc2F)OC1=O. The van der Waals surface area contributed by atoms with E-state index in [0.717, 1.165) is 0 Å². The molecule has 0 radical (unpaired) electrons. The average Bonchev–Trinajstić information content (AvgIpc) is 3.06. The molecule has 0 amide bonds. The summed E-state index contributed by atoms with van der Waals surface area (Å²) in [5.74, 6) is 0.875. The van der Waals surface area contributed by atoms with Crippen LogP contribution in [-0.2, 0) is 16.0 Å². The summed E-state index contributed by atoms with van der Waals surface area (Å²) in [7, 11) is 4.55. The summed E-state index contributed by atoms with van der Waals surface area (Å²) in [6.07, 6.45) is 2.25. The third-order valence-electron chi connectivity index (χ3n) is 4.26. The van der Waals surface area contributed by atoms with Gasteiger partial charge in [0.15, 0.2) is 23.1 Å². The summed E-state index contributed by atoms with van der Waals surface area (Å²) in [5.41, 5.74) is 1.26. The van der Waals surface area contributed by atoms with Gasteiger partial charge in [-0.05, 0) is 30.2 Å². The molecule has 146 valence electrons. The Morgan fingerprint density at radius 1 is 1.00 bits per heavy atom. The number of methoxy groups -OCH3 is 3. The van der Waals surface area contributed by atoms with Gasteiger partial charge < -0.3 is 18.9 Å². The molecule has 7 heteroatoms. The number of hydrogen-bond acceptors (Lipinski definition) is 6. The van der Waals surface area contributed by atoms with Crippen LogP contribution < -0.4 is 14.2 Å². The normalized spacial score (nSPS) is 14.6. The molecule has 0 saturated carbocycles. The second kappa shape index (κ2) is 8.56. The standard InChI is InChI=1S/C21H20FNO5/c1-25-17-12-19(27-3)18(26-2)11-14(17)10-16-21(24)28-20(23-16)9-8-13-6-4-5-7-15(13)22/h4-7,10-12H,8-9H2,1-3H3/b16-10-. The number of aliphatic imine (C=N–C) groups is 1. The fourth-order valence-corrected chi connectivity index (χ4v) is 2.82.